The number of esters is 1. The van der Waals surface area contributed by atoms with E-state index < -0.39 is 5.97 Å². The second kappa shape index (κ2) is 8.98. The fraction of sp³-hybridized carbons (Fsp3) is 0.300. The Morgan fingerprint density at radius 3 is 2.32 bits per heavy atom. The van der Waals surface area contributed by atoms with Gasteiger partial charge in [-0.25, -0.2) is 9.78 Å². The van der Waals surface area contributed by atoms with Crippen molar-refractivity contribution in [3.8, 4) is 0 Å². The molecule has 2 heterocycles. The number of anilines is 2. The molecule has 1 aliphatic rings. The highest BCUT2D eigenvalue weighted by molar-refractivity contribution is 6.04. The number of aromatic nitrogens is 1. The van der Waals surface area contributed by atoms with Crippen LogP contribution in [0.5, 0.6) is 0 Å². The second-order valence-electron chi connectivity index (χ2n) is 6.29. The van der Waals surface area contributed by atoms with Gasteiger partial charge in [0.05, 0.1) is 17.7 Å². The number of hydrogen-bond donors (Lipinski definition) is 1. The average Bonchev–Trinajstić information content (AvgIpc) is 2.74. The number of nitrogens with zero attached hydrogens (tertiary/aromatic N) is 3. The SMILES string of the molecule is CCOC(=O)c1ccc(NC(=O)c2ccc(N3CCN(C=O)CC3)nc2)cc1. The number of hydrogen-bond acceptors (Lipinski definition) is 6. The zero-order valence-electron chi connectivity index (χ0n) is 15.6. The molecule has 0 aliphatic carbocycles. The summed E-state index contributed by atoms with van der Waals surface area (Å²) in [5.74, 6) is 0.101. The maximum atomic E-state index is 12.4. The number of amides is 2. The van der Waals surface area contributed by atoms with Gasteiger partial charge in [0.1, 0.15) is 5.82 Å². The molecular weight excluding hydrogens is 360 g/mol. The molecule has 0 saturated carbocycles. The van der Waals surface area contributed by atoms with Crippen molar-refractivity contribution in [2.24, 2.45) is 0 Å². The van der Waals surface area contributed by atoms with E-state index in [-0.39, 0.29) is 5.91 Å². The standard InChI is InChI=1S/C20H22N4O4/c1-2-28-20(27)15-3-6-17(7-4-15)22-19(26)16-5-8-18(21-13-16)24-11-9-23(14-25)10-12-24/h3-8,13-14H,2,9-12H2,1H3,(H,22,26). The van der Waals surface area contributed by atoms with Crippen LogP contribution in [0.3, 0.4) is 0 Å². The highest BCUT2D eigenvalue weighted by atomic mass is 16.5. The zero-order chi connectivity index (χ0) is 19.9. The molecule has 1 saturated heterocycles. The number of benzene rings is 1. The molecule has 1 aromatic heterocycles. The minimum atomic E-state index is -0.394. The normalized spacial score (nSPS) is 13.8. The van der Waals surface area contributed by atoms with E-state index in [9.17, 15) is 14.4 Å². The minimum absolute atomic E-state index is 0.284. The molecule has 1 aromatic carbocycles. The van der Waals surface area contributed by atoms with E-state index in [1.165, 1.54) is 6.20 Å². The number of carbonyl (C=O) groups is 3. The predicted molar refractivity (Wildman–Crippen MR) is 104 cm³/mol. The topological polar surface area (TPSA) is 91.8 Å². The van der Waals surface area contributed by atoms with Crippen molar-refractivity contribution >= 4 is 29.8 Å². The van der Waals surface area contributed by atoms with Gasteiger partial charge in [-0.15, -0.1) is 0 Å². The highest BCUT2D eigenvalue weighted by Gasteiger charge is 2.17. The fourth-order valence-corrected chi connectivity index (χ4v) is 2.87. The Labute approximate surface area is 163 Å². The maximum Gasteiger partial charge on any atom is 0.338 e. The molecule has 0 unspecified atom stereocenters. The monoisotopic (exact) mass is 382 g/mol. The first-order chi connectivity index (χ1) is 13.6. The van der Waals surface area contributed by atoms with Crippen LogP contribution >= 0.6 is 0 Å². The Morgan fingerprint density at radius 2 is 1.75 bits per heavy atom. The van der Waals surface area contributed by atoms with E-state index in [1.54, 1.807) is 48.2 Å². The van der Waals surface area contributed by atoms with Gasteiger partial charge in [0, 0.05) is 38.1 Å². The molecule has 2 amide bonds. The molecule has 146 valence electrons. The van der Waals surface area contributed by atoms with Crippen LogP contribution in [0.25, 0.3) is 0 Å². The van der Waals surface area contributed by atoms with Crippen molar-refractivity contribution in [2.45, 2.75) is 6.92 Å². The summed E-state index contributed by atoms with van der Waals surface area (Å²) in [4.78, 5) is 43.0. The van der Waals surface area contributed by atoms with Gasteiger partial charge in [-0.2, -0.15) is 0 Å². The first-order valence-corrected chi connectivity index (χ1v) is 9.09. The van der Waals surface area contributed by atoms with E-state index in [0.29, 0.717) is 49.6 Å². The van der Waals surface area contributed by atoms with Crippen LogP contribution in [0, 0.1) is 0 Å². The van der Waals surface area contributed by atoms with Crippen LogP contribution < -0.4 is 10.2 Å². The number of piperazine rings is 1. The Bertz CT molecular complexity index is 828. The lowest BCUT2D eigenvalue weighted by molar-refractivity contribution is -0.118. The zero-order valence-corrected chi connectivity index (χ0v) is 15.6. The van der Waals surface area contributed by atoms with E-state index >= 15 is 0 Å². The molecular formula is C20H22N4O4. The smallest absolute Gasteiger partial charge is 0.338 e. The lowest BCUT2D eigenvalue weighted by Gasteiger charge is -2.33. The number of rotatable bonds is 6. The molecule has 28 heavy (non-hydrogen) atoms. The molecule has 0 bridgehead atoms. The molecule has 3 rings (SSSR count). The van der Waals surface area contributed by atoms with Gasteiger partial charge >= 0.3 is 5.97 Å². The summed E-state index contributed by atoms with van der Waals surface area (Å²) in [6, 6.07) is 10.0. The van der Waals surface area contributed by atoms with Crippen molar-refractivity contribution in [3.05, 3.63) is 53.7 Å². The summed E-state index contributed by atoms with van der Waals surface area (Å²) in [7, 11) is 0. The van der Waals surface area contributed by atoms with Crippen molar-refractivity contribution in [2.75, 3.05) is 43.0 Å². The Morgan fingerprint density at radius 1 is 1.07 bits per heavy atom. The average molecular weight is 382 g/mol. The summed E-state index contributed by atoms with van der Waals surface area (Å²) in [5.41, 5.74) is 1.44. The first-order valence-electron chi connectivity index (χ1n) is 9.09. The third-order valence-corrected chi connectivity index (χ3v) is 4.45. The quantitative estimate of drug-likeness (QED) is 0.605. The second-order valence-corrected chi connectivity index (χ2v) is 6.29. The van der Waals surface area contributed by atoms with Gasteiger partial charge in [0.15, 0.2) is 0 Å². The molecule has 8 heteroatoms. The largest absolute Gasteiger partial charge is 0.462 e. The maximum absolute atomic E-state index is 12.4. The molecule has 1 fully saturated rings. The first kappa shape index (κ1) is 19.3. The molecule has 0 atom stereocenters. The number of ether oxygens (including phenoxy) is 1. The van der Waals surface area contributed by atoms with Crippen molar-refractivity contribution in [1.82, 2.24) is 9.88 Å². The number of nitrogens with one attached hydrogen (secondary N) is 1. The van der Waals surface area contributed by atoms with Crippen LogP contribution in [-0.2, 0) is 9.53 Å². The summed E-state index contributed by atoms with van der Waals surface area (Å²) < 4.78 is 4.93. The Hall–Kier alpha value is -3.42. The Kier molecular flexibility index (Phi) is 6.21. The number of pyridine rings is 1. The number of carbonyl (C=O) groups excluding carboxylic acids is 3. The van der Waals surface area contributed by atoms with Gasteiger partial charge in [-0.3, -0.25) is 9.59 Å². The third kappa shape index (κ3) is 4.64. The van der Waals surface area contributed by atoms with E-state index in [1.807, 2.05) is 0 Å². The highest BCUT2D eigenvalue weighted by Crippen LogP contribution is 2.16. The molecule has 0 radical (unpaired) electrons. The van der Waals surface area contributed by atoms with E-state index in [2.05, 4.69) is 15.2 Å². The van der Waals surface area contributed by atoms with Gasteiger partial charge in [-0.05, 0) is 43.3 Å². The Balaban J connectivity index is 1.59. The van der Waals surface area contributed by atoms with Crippen LogP contribution in [-0.4, -0.2) is 61.0 Å². The van der Waals surface area contributed by atoms with Crippen molar-refractivity contribution in [1.29, 1.82) is 0 Å². The van der Waals surface area contributed by atoms with Crippen LogP contribution in [0.15, 0.2) is 42.6 Å². The lowest BCUT2D eigenvalue weighted by Crippen LogP contribution is -2.46. The van der Waals surface area contributed by atoms with Crippen molar-refractivity contribution in [3.63, 3.8) is 0 Å². The van der Waals surface area contributed by atoms with Gasteiger partial charge < -0.3 is 19.9 Å². The summed E-state index contributed by atoms with van der Waals surface area (Å²) in [6.07, 6.45) is 2.39. The minimum Gasteiger partial charge on any atom is -0.462 e. The predicted octanol–water partition coefficient (Wildman–Crippen LogP) is 1.79. The van der Waals surface area contributed by atoms with Gasteiger partial charge in [0.25, 0.3) is 5.91 Å². The molecule has 8 nitrogen and oxygen atoms in total. The van der Waals surface area contributed by atoms with Gasteiger partial charge in [-0.1, -0.05) is 0 Å². The van der Waals surface area contributed by atoms with Gasteiger partial charge in [0.2, 0.25) is 6.41 Å². The van der Waals surface area contributed by atoms with Crippen LogP contribution in [0.1, 0.15) is 27.6 Å². The summed E-state index contributed by atoms with van der Waals surface area (Å²) >= 11 is 0. The molecule has 0 spiro atoms. The molecule has 1 aliphatic heterocycles. The van der Waals surface area contributed by atoms with Crippen LogP contribution in [0.2, 0.25) is 0 Å². The molecule has 2 aromatic rings. The fourth-order valence-electron chi connectivity index (χ4n) is 2.87. The van der Waals surface area contributed by atoms with E-state index in [4.69, 9.17) is 4.74 Å². The lowest BCUT2D eigenvalue weighted by atomic mass is 10.2. The van der Waals surface area contributed by atoms with E-state index in [0.717, 1.165) is 12.2 Å². The molecule has 1 N–H and O–H groups in total. The third-order valence-electron chi connectivity index (χ3n) is 4.45. The summed E-state index contributed by atoms with van der Waals surface area (Å²) in [5, 5.41) is 2.78. The van der Waals surface area contributed by atoms with Crippen LogP contribution in [0.4, 0.5) is 11.5 Å². The van der Waals surface area contributed by atoms with Crippen molar-refractivity contribution < 1.29 is 19.1 Å². The summed E-state index contributed by atoms with van der Waals surface area (Å²) in [6.45, 7) is 4.81.